The van der Waals surface area contributed by atoms with E-state index in [2.05, 4.69) is 0 Å². The lowest BCUT2D eigenvalue weighted by molar-refractivity contribution is 0.0116. The van der Waals surface area contributed by atoms with Gasteiger partial charge < -0.3 is 4.74 Å². The van der Waals surface area contributed by atoms with Crippen LogP contribution in [0.15, 0.2) is 30.3 Å². The van der Waals surface area contributed by atoms with Crippen LogP contribution in [0.2, 0.25) is 0 Å². The van der Waals surface area contributed by atoms with E-state index in [9.17, 15) is 17.6 Å². The molecule has 134 valence electrons. The van der Waals surface area contributed by atoms with E-state index < -0.39 is 23.3 Å². The average Bonchev–Trinajstić information content (AvgIpc) is 2.62. The lowest BCUT2D eigenvalue weighted by Crippen LogP contribution is -2.21. The van der Waals surface area contributed by atoms with Gasteiger partial charge in [-0.2, -0.15) is 0 Å². The van der Waals surface area contributed by atoms with Gasteiger partial charge in [0.2, 0.25) is 0 Å². The maximum Gasteiger partial charge on any atom is 0.164 e. The fourth-order valence-corrected chi connectivity index (χ4v) is 3.38. The van der Waals surface area contributed by atoms with Gasteiger partial charge in [0.15, 0.2) is 23.3 Å². The predicted molar refractivity (Wildman–Crippen MR) is 87.2 cm³/mol. The molecule has 2 aromatic rings. The Balaban J connectivity index is 1.57. The van der Waals surface area contributed by atoms with Crippen molar-refractivity contribution in [2.24, 2.45) is 0 Å². The maximum atomic E-state index is 14.1. The first kappa shape index (κ1) is 17.9. The van der Waals surface area contributed by atoms with Crippen molar-refractivity contribution < 1.29 is 22.3 Å². The fourth-order valence-electron chi connectivity index (χ4n) is 3.38. The minimum Gasteiger partial charge on any atom is -0.373 e. The van der Waals surface area contributed by atoms with Crippen LogP contribution < -0.4 is 0 Å². The Morgan fingerprint density at radius 2 is 1.60 bits per heavy atom. The molecule has 0 aliphatic heterocycles. The number of ether oxygens (including phenoxy) is 1. The molecule has 5 heteroatoms. The first-order valence-electron chi connectivity index (χ1n) is 8.46. The van der Waals surface area contributed by atoms with Crippen LogP contribution in [0.25, 0.3) is 0 Å². The van der Waals surface area contributed by atoms with Crippen molar-refractivity contribution in [1.29, 1.82) is 0 Å². The Labute approximate surface area is 144 Å². The third-order valence-corrected chi connectivity index (χ3v) is 4.93. The van der Waals surface area contributed by atoms with E-state index in [1.165, 1.54) is 12.1 Å². The van der Waals surface area contributed by atoms with Crippen LogP contribution in [0.3, 0.4) is 0 Å². The summed E-state index contributed by atoms with van der Waals surface area (Å²) in [6.07, 6.45) is 2.62. The number of benzene rings is 2. The predicted octanol–water partition coefficient (Wildman–Crippen LogP) is 5.79. The van der Waals surface area contributed by atoms with Gasteiger partial charge in [-0.05, 0) is 55.7 Å². The number of halogens is 4. The van der Waals surface area contributed by atoms with Gasteiger partial charge in [0.1, 0.15) is 0 Å². The molecule has 0 N–H and O–H groups in total. The summed E-state index contributed by atoms with van der Waals surface area (Å²) >= 11 is 0. The van der Waals surface area contributed by atoms with Crippen LogP contribution in [0.4, 0.5) is 17.6 Å². The van der Waals surface area contributed by atoms with E-state index in [1.807, 2.05) is 0 Å². The molecule has 25 heavy (non-hydrogen) atoms. The Morgan fingerprint density at radius 1 is 0.880 bits per heavy atom. The minimum absolute atomic E-state index is 0.00640. The van der Waals surface area contributed by atoms with Gasteiger partial charge in [0.25, 0.3) is 0 Å². The van der Waals surface area contributed by atoms with Gasteiger partial charge in [-0.3, -0.25) is 0 Å². The van der Waals surface area contributed by atoms with Crippen molar-refractivity contribution in [3.63, 3.8) is 0 Å². The molecule has 0 unspecified atom stereocenters. The molecule has 0 atom stereocenters. The zero-order valence-corrected chi connectivity index (χ0v) is 14.0. The van der Waals surface area contributed by atoms with Crippen molar-refractivity contribution >= 4 is 0 Å². The van der Waals surface area contributed by atoms with Crippen LogP contribution >= 0.6 is 0 Å². The van der Waals surface area contributed by atoms with Gasteiger partial charge >= 0.3 is 0 Å². The van der Waals surface area contributed by atoms with Crippen molar-refractivity contribution in [3.8, 4) is 0 Å². The van der Waals surface area contributed by atoms with E-state index >= 15 is 0 Å². The molecule has 0 heterocycles. The summed E-state index contributed by atoms with van der Waals surface area (Å²) in [6.45, 7) is 1.55. The van der Waals surface area contributed by atoms with Gasteiger partial charge in [-0.25, -0.2) is 17.6 Å². The monoisotopic (exact) mass is 352 g/mol. The summed E-state index contributed by atoms with van der Waals surface area (Å²) in [5.74, 6) is -3.35. The Hall–Kier alpha value is -1.88. The highest BCUT2D eigenvalue weighted by atomic mass is 19.2. The third-order valence-electron chi connectivity index (χ3n) is 4.93. The largest absolute Gasteiger partial charge is 0.373 e. The van der Waals surface area contributed by atoms with E-state index in [0.717, 1.165) is 6.07 Å². The summed E-state index contributed by atoms with van der Waals surface area (Å²) in [5, 5.41) is 0. The molecule has 1 nitrogen and oxygen atoms in total. The fraction of sp³-hybridized carbons (Fsp3) is 0.400. The SMILES string of the molecule is Cc1ccc(C2CCC(OCc3cccc(F)c3F)CC2)c(F)c1F. The van der Waals surface area contributed by atoms with E-state index in [0.29, 0.717) is 36.8 Å². The summed E-state index contributed by atoms with van der Waals surface area (Å²) in [5.41, 5.74) is 0.905. The number of aryl methyl sites for hydroxylation is 1. The molecular weight excluding hydrogens is 332 g/mol. The Morgan fingerprint density at radius 3 is 2.32 bits per heavy atom. The number of hydrogen-bond acceptors (Lipinski definition) is 1. The average molecular weight is 352 g/mol. The molecule has 0 saturated heterocycles. The lowest BCUT2D eigenvalue weighted by Gasteiger charge is -2.29. The summed E-state index contributed by atoms with van der Waals surface area (Å²) in [7, 11) is 0. The molecule has 0 amide bonds. The molecule has 0 aromatic heterocycles. The smallest absolute Gasteiger partial charge is 0.164 e. The Kier molecular flexibility index (Phi) is 5.42. The normalized spacial score (nSPS) is 20.7. The standard InChI is InChI=1S/C20H20F4O/c1-12-5-10-16(20(24)18(12)22)13-6-8-15(9-7-13)25-11-14-3-2-4-17(21)19(14)23/h2-5,10,13,15H,6-9,11H2,1H3. The second-order valence-corrected chi connectivity index (χ2v) is 6.60. The molecule has 2 aromatic carbocycles. The quantitative estimate of drug-likeness (QED) is 0.633. The highest BCUT2D eigenvalue weighted by Crippen LogP contribution is 2.36. The highest BCUT2D eigenvalue weighted by Gasteiger charge is 2.26. The number of rotatable bonds is 4. The molecule has 0 radical (unpaired) electrons. The van der Waals surface area contributed by atoms with Gasteiger partial charge in [0.05, 0.1) is 12.7 Å². The molecule has 1 fully saturated rings. The van der Waals surface area contributed by atoms with E-state index in [1.54, 1.807) is 19.1 Å². The highest BCUT2D eigenvalue weighted by molar-refractivity contribution is 5.28. The summed E-state index contributed by atoms with van der Waals surface area (Å²) in [4.78, 5) is 0. The molecule has 1 aliphatic carbocycles. The zero-order chi connectivity index (χ0) is 18.0. The van der Waals surface area contributed by atoms with E-state index in [4.69, 9.17) is 4.74 Å². The number of hydrogen-bond donors (Lipinski definition) is 0. The van der Waals surface area contributed by atoms with Gasteiger partial charge in [-0.15, -0.1) is 0 Å². The van der Waals surface area contributed by atoms with Gasteiger partial charge in [-0.1, -0.05) is 24.3 Å². The van der Waals surface area contributed by atoms with Gasteiger partial charge in [0, 0.05) is 5.56 Å². The lowest BCUT2D eigenvalue weighted by atomic mass is 9.82. The van der Waals surface area contributed by atoms with Crippen LogP contribution in [-0.2, 0) is 11.3 Å². The molecule has 3 rings (SSSR count). The topological polar surface area (TPSA) is 9.23 Å². The molecule has 1 saturated carbocycles. The first-order valence-corrected chi connectivity index (χ1v) is 8.46. The molecule has 1 aliphatic rings. The van der Waals surface area contributed by atoms with Crippen molar-refractivity contribution in [3.05, 3.63) is 70.3 Å². The van der Waals surface area contributed by atoms with Crippen LogP contribution in [-0.4, -0.2) is 6.10 Å². The minimum atomic E-state index is -0.887. The second-order valence-electron chi connectivity index (χ2n) is 6.60. The van der Waals surface area contributed by atoms with Crippen LogP contribution in [0.5, 0.6) is 0 Å². The van der Waals surface area contributed by atoms with Crippen molar-refractivity contribution in [2.45, 2.75) is 51.2 Å². The maximum absolute atomic E-state index is 14.1. The molecule has 0 bridgehead atoms. The first-order chi connectivity index (χ1) is 12.0. The van der Waals surface area contributed by atoms with Crippen LogP contribution in [0, 0.1) is 30.2 Å². The third kappa shape index (κ3) is 3.87. The van der Waals surface area contributed by atoms with E-state index in [-0.39, 0.29) is 24.2 Å². The Bertz CT molecular complexity index is 752. The zero-order valence-electron chi connectivity index (χ0n) is 14.0. The molecular formula is C20H20F4O. The second kappa shape index (κ2) is 7.56. The van der Waals surface area contributed by atoms with Crippen molar-refractivity contribution in [1.82, 2.24) is 0 Å². The molecule has 0 spiro atoms. The van der Waals surface area contributed by atoms with Crippen LogP contribution in [0.1, 0.15) is 48.3 Å². The summed E-state index contributed by atoms with van der Waals surface area (Å²) in [6, 6.07) is 7.27. The summed E-state index contributed by atoms with van der Waals surface area (Å²) < 4.78 is 60.3. The van der Waals surface area contributed by atoms with Crippen molar-refractivity contribution in [2.75, 3.05) is 0 Å².